The van der Waals surface area contributed by atoms with Gasteiger partial charge in [-0.2, -0.15) is 9.40 Å². The number of nitrogens with one attached hydrogen (secondary N) is 1. The Balaban J connectivity index is 1.38. The molecule has 2 unspecified atom stereocenters. The summed E-state index contributed by atoms with van der Waals surface area (Å²) in [6, 6.07) is 12.2. The third kappa shape index (κ3) is 2.40. The molecule has 1 aromatic carbocycles. The van der Waals surface area contributed by atoms with E-state index in [4.69, 9.17) is 0 Å². The Morgan fingerprint density at radius 2 is 1.88 bits per heavy atom. The minimum Gasteiger partial charge on any atom is -0.353 e. The molecular formula is C18H19N5O2S. The van der Waals surface area contributed by atoms with Crippen molar-refractivity contribution in [3.8, 4) is 11.3 Å². The summed E-state index contributed by atoms with van der Waals surface area (Å²) in [7, 11) is -3.11. The lowest BCUT2D eigenvalue weighted by Gasteiger charge is -2.54. The standard InChI is InChI=1S/C18H19N5O2S/c1-26(24,25)23-13-8-14(23)11-22(10-13)17-7-6-12(9-19-17)18-15-4-2-3-5-16(15)20-21-18/h2-7,9,13-14H,8,10-11H2,1H3,(H,20,21). The van der Waals surface area contributed by atoms with Gasteiger partial charge in [-0.1, -0.05) is 18.2 Å². The van der Waals surface area contributed by atoms with Crippen LogP contribution in [-0.2, 0) is 10.0 Å². The van der Waals surface area contributed by atoms with E-state index in [0.29, 0.717) is 13.1 Å². The van der Waals surface area contributed by atoms with Crippen LogP contribution in [0.4, 0.5) is 5.82 Å². The second-order valence-corrected chi connectivity index (χ2v) is 8.95. The molecule has 0 saturated carbocycles. The molecule has 2 aromatic heterocycles. The number of pyridine rings is 1. The van der Waals surface area contributed by atoms with Gasteiger partial charge in [0.1, 0.15) is 11.5 Å². The van der Waals surface area contributed by atoms with Crippen LogP contribution in [0.3, 0.4) is 0 Å². The maximum absolute atomic E-state index is 11.8. The molecule has 0 spiro atoms. The molecular weight excluding hydrogens is 350 g/mol. The van der Waals surface area contributed by atoms with Gasteiger partial charge in [0, 0.05) is 42.3 Å². The molecule has 8 heteroatoms. The molecule has 0 aliphatic carbocycles. The lowest BCUT2D eigenvalue weighted by atomic mass is 9.91. The van der Waals surface area contributed by atoms with Gasteiger partial charge in [-0.25, -0.2) is 13.4 Å². The number of fused-ring (bicyclic) bond motifs is 3. The quantitative estimate of drug-likeness (QED) is 0.762. The number of hydrogen-bond acceptors (Lipinski definition) is 5. The minimum atomic E-state index is -3.11. The van der Waals surface area contributed by atoms with Gasteiger partial charge in [0.25, 0.3) is 0 Å². The molecule has 3 aromatic rings. The SMILES string of the molecule is CS(=O)(=O)N1C2CC1CN(c1ccc(-c3n[nH]c4ccccc34)cn1)C2. The van der Waals surface area contributed by atoms with Crippen molar-refractivity contribution in [2.75, 3.05) is 24.2 Å². The highest BCUT2D eigenvalue weighted by atomic mass is 32.2. The number of piperazine rings is 1. The highest BCUT2D eigenvalue weighted by Gasteiger charge is 2.49. The van der Waals surface area contributed by atoms with Crippen molar-refractivity contribution in [3.05, 3.63) is 42.6 Å². The summed E-state index contributed by atoms with van der Waals surface area (Å²) in [5.74, 6) is 0.886. The van der Waals surface area contributed by atoms with E-state index in [0.717, 1.165) is 34.4 Å². The van der Waals surface area contributed by atoms with Gasteiger partial charge in [-0.3, -0.25) is 5.10 Å². The van der Waals surface area contributed by atoms with Crippen molar-refractivity contribution in [1.29, 1.82) is 0 Å². The van der Waals surface area contributed by atoms with Crippen molar-refractivity contribution < 1.29 is 8.42 Å². The number of aromatic amines is 1. The Bertz CT molecular complexity index is 1060. The Morgan fingerprint density at radius 1 is 1.12 bits per heavy atom. The molecule has 26 heavy (non-hydrogen) atoms. The number of piperidine rings is 1. The first-order valence-corrected chi connectivity index (χ1v) is 10.5. The van der Waals surface area contributed by atoms with Crippen molar-refractivity contribution in [1.82, 2.24) is 19.5 Å². The van der Waals surface area contributed by atoms with Crippen LogP contribution in [0.1, 0.15) is 6.42 Å². The van der Waals surface area contributed by atoms with Gasteiger partial charge >= 0.3 is 0 Å². The number of H-pyrrole nitrogens is 1. The Kier molecular flexibility index (Phi) is 3.35. The van der Waals surface area contributed by atoms with Gasteiger partial charge in [0.2, 0.25) is 10.0 Å². The van der Waals surface area contributed by atoms with Crippen LogP contribution < -0.4 is 4.90 Å². The Morgan fingerprint density at radius 3 is 2.58 bits per heavy atom. The molecule has 3 aliphatic rings. The number of aromatic nitrogens is 3. The minimum absolute atomic E-state index is 0.0699. The zero-order valence-electron chi connectivity index (χ0n) is 14.3. The summed E-state index contributed by atoms with van der Waals surface area (Å²) in [4.78, 5) is 6.78. The number of rotatable bonds is 3. The van der Waals surface area contributed by atoms with Crippen molar-refractivity contribution in [2.45, 2.75) is 18.5 Å². The monoisotopic (exact) mass is 369 g/mol. The van der Waals surface area contributed by atoms with E-state index in [-0.39, 0.29) is 12.1 Å². The van der Waals surface area contributed by atoms with Crippen molar-refractivity contribution in [3.63, 3.8) is 0 Å². The van der Waals surface area contributed by atoms with E-state index in [1.54, 1.807) is 4.31 Å². The molecule has 134 valence electrons. The second-order valence-electron chi connectivity index (χ2n) is 7.06. The highest BCUT2D eigenvalue weighted by molar-refractivity contribution is 7.88. The molecule has 1 N–H and O–H groups in total. The molecule has 3 fully saturated rings. The third-order valence-electron chi connectivity index (χ3n) is 5.32. The number of hydrogen-bond donors (Lipinski definition) is 1. The summed E-state index contributed by atoms with van der Waals surface area (Å²) >= 11 is 0. The average Bonchev–Trinajstić information content (AvgIpc) is 3.04. The number of benzene rings is 1. The van der Waals surface area contributed by atoms with Crippen LogP contribution in [0.25, 0.3) is 22.2 Å². The van der Waals surface area contributed by atoms with Crippen molar-refractivity contribution in [2.24, 2.45) is 0 Å². The van der Waals surface area contributed by atoms with E-state index < -0.39 is 10.0 Å². The number of nitrogens with zero attached hydrogens (tertiary/aromatic N) is 4. The Labute approximate surface area is 151 Å². The summed E-state index contributed by atoms with van der Waals surface area (Å²) < 4.78 is 25.3. The van der Waals surface area contributed by atoms with E-state index >= 15 is 0 Å². The molecule has 2 atom stereocenters. The highest BCUT2D eigenvalue weighted by Crippen LogP contribution is 2.36. The van der Waals surface area contributed by atoms with E-state index in [9.17, 15) is 8.42 Å². The molecule has 0 amide bonds. The molecule has 2 bridgehead atoms. The van der Waals surface area contributed by atoms with E-state index in [2.05, 4.69) is 20.1 Å². The lowest BCUT2D eigenvalue weighted by molar-refractivity contribution is 0.0884. The zero-order chi connectivity index (χ0) is 17.9. The number of anilines is 1. The fourth-order valence-corrected chi connectivity index (χ4v) is 5.59. The van der Waals surface area contributed by atoms with Crippen LogP contribution in [0.5, 0.6) is 0 Å². The second kappa shape index (κ2) is 5.52. The maximum Gasteiger partial charge on any atom is 0.211 e. The van der Waals surface area contributed by atoms with Crippen LogP contribution in [0.2, 0.25) is 0 Å². The van der Waals surface area contributed by atoms with E-state index in [1.165, 1.54) is 6.26 Å². The first-order chi connectivity index (χ1) is 12.5. The first-order valence-electron chi connectivity index (χ1n) is 8.64. The van der Waals surface area contributed by atoms with Crippen LogP contribution in [-0.4, -0.2) is 59.3 Å². The van der Waals surface area contributed by atoms with Crippen molar-refractivity contribution >= 4 is 26.7 Å². The number of para-hydroxylation sites is 1. The molecule has 3 saturated heterocycles. The fourth-order valence-electron chi connectivity index (χ4n) is 4.20. The number of sulfonamides is 1. The largest absolute Gasteiger partial charge is 0.353 e. The summed E-state index contributed by atoms with van der Waals surface area (Å²) in [5, 5.41) is 8.53. The lowest BCUT2D eigenvalue weighted by Crippen LogP contribution is -2.70. The summed E-state index contributed by atoms with van der Waals surface area (Å²) in [5.41, 5.74) is 2.86. The molecule has 5 heterocycles. The first kappa shape index (κ1) is 15.8. The summed E-state index contributed by atoms with van der Waals surface area (Å²) in [6.45, 7) is 1.39. The van der Waals surface area contributed by atoms with Gasteiger partial charge in [0.05, 0.1) is 11.8 Å². The van der Waals surface area contributed by atoms with E-state index in [1.807, 2.05) is 42.6 Å². The van der Waals surface area contributed by atoms with Crippen LogP contribution in [0, 0.1) is 0 Å². The maximum atomic E-state index is 11.8. The van der Waals surface area contributed by atoms with Crippen LogP contribution in [0.15, 0.2) is 42.6 Å². The normalized spacial score (nSPS) is 23.2. The fraction of sp³-hybridized carbons (Fsp3) is 0.333. The zero-order valence-corrected chi connectivity index (χ0v) is 15.1. The molecule has 6 rings (SSSR count). The smallest absolute Gasteiger partial charge is 0.211 e. The summed E-state index contributed by atoms with van der Waals surface area (Å²) in [6.07, 6.45) is 4.08. The van der Waals surface area contributed by atoms with Gasteiger partial charge in [0.15, 0.2) is 0 Å². The predicted octanol–water partition coefficient (Wildman–Crippen LogP) is 1.85. The topological polar surface area (TPSA) is 82.2 Å². The molecule has 3 aliphatic heterocycles. The van der Waals surface area contributed by atoms with Gasteiger partial charge in [-0.15, -0.1) is 0 Å². The Hall–Kier alpha value is -2.45. The average molecular weight is 369 g/mol. The van der Waals surface area contributed by atoms with Gasteiger partial charge < -0.3 is 4.90 Å². The molecule has 0 radical (unpaired) electrons. The molecule has 7 nitrogen and oxygen atoms in total. The third-order valence-corrected chi connectivity index (χ3v) is 6.69. The van der Waals surface area contributed by atoms with Crippen LogP contribution >= 0.6 is 0 Å². The predicted molar refractivity (Wildman–Crippen MR) is 100 cm³/mol. The van der Waals surface area contributed by atoms with Gasteiger partial charge in [-0.05, 0) is 24.6 Å².